The van der Waals surface area contributed by atoms with Crippen LogP contribution >= 0.6 is 0 Å². The van der Waals surface area contributed by atoms with E-state index in [1.807, 2.05) is 6.07 Å². The van der Waals surface area contributed by atoms with Gasteiger partial charge in [0.2, 0.25) is 0 Å². The Bertz CT molecular complexity index is 931. The van der Waals surface area contributed by atoms with Gasteiger partial charge in [-0.2, -0.15) is 5.26 Å². The Kier molecular flexibility index (Phi) is 3.36. The van der Waals surface area contributed by atoms with Crippen molar-refractivity contribution in [3.8, 4) is 28.7 Å². The van der Waals surface area contributed by atoms with Crippen LogP contribution in [0.5, 0.6) is 0 Å². The maximum Gasteiger partial charge on any atom is 0.267 e. The van der Waals surface area contributed by atoms with E-state index in [2.05, 4.69) is 4.98 Å². The van der Waals surface area contributed by atoms with E-state index in [9.17, 15) is 14.4 Å². The molecule has 3 rings (SSSR count). The summed E-state index contributed by atoms with van der Waals surface area (Å²) >= 11 is 0. The van der Waals surface area contributed by atoms with Crippen LogP contribution in [0.2, 0.25) is 0 Å². The van der Waals surface area contributed by atoms with Crippen LogP contribution in [0.4, 0.5) is 4.39 Å². The number of H-pyrrole nitrogens is 1. The molecule has 0 unspecified atom stereocenters. The van der Waals surface area contributed by atoms with Crippen LogP contribution < -0.4 is 5.56 Å². The average Bonchev–Trinajstić information content (AvgIpc) is 2.93. The van der Waals surface area contributed by atoms with Gasteiger partial charge in [0.25, 0.3) is 5.56 Å². The summed E-state index contributed by atoms with van der Waals surface area (Å²) in [5.74, 6) is 0.771. The van der Waals surface area contributed by atoms with E-state index in [0.29, 0.717) is 28.3 Å². The van der Waals surface area contributed by atoms with Gasteiger partial charge in [-0.15, -0.1) is 0 Å². The van der Waals surface area contributed by atoms with Gasteiger partial charge in [-0.25, -0.2) is 4.39 Å². The number of nitrogens with zero attached hydrogens (tertiary/aromatic N) is 1. The number of nitrogens with one attached hydrogen (secondary N) is 1. The largest absolute Gasteiger partial charge is 0.461 e. The Labute approximate surface area is 125 Å². The van der Waals surface area contributed by atoms with Crippen molar-refractivity contribution in [2.75, 3.05) is 0 Å². The van der Waals surface area contributed by atoms with E-state index in [0.717, 1.165) is 0 Å². The van der Waals surface area contributed by atoms with Crippen molar-refractivity contribution in [1.29, 1.82) is 5.26 Å². The van der Waals surface area contributed by atoms with Crippen LogP contribution in [0, 0.1) is 24.1 Å². The van der Waals surface area contributed by atoms with Crippen molar-refractivity contribution in [1.82, 2.24) is 4.98 Å². The lowest BCUT2D eigenvalue weighted by atomic mass is 10.0. The van der Waals surface area contributed by atoms with Gasteiger partial charge in [-0.1, -0.05) is 0 Å². The molecule has 4 nitrogen and oxygen atoms in total. The van der Waals surface area contributed by atoms with E-state index >= 15 is 0 Å². The molecule has 0 saturated carbocycles. The van der Waals surface area contributed by atoms with Crippen molar-refractivity contribution in [3.05, 3.63) is 70.0 Å². The molecule has 0 atom stereocenters. The molecule has 0 fully saturated rings. The highest BCUT2D eigenvalue weighted by atomic mass is 19.1. The van der Waals surface area contributed by atoms with Gasteiger partial charge in [0, 0.05) is 11.3 Å². The number of aromatic nitrogens is 1. The number of halogens is 1. The lowest BCUT2D eigenvalue weighted by Crippen LogP contribution is -2.12. The fourth-order valence-corrected chi connectivity index (χ4v) is 2.23. The Hall–Kier alpha value is -3.13. The van der Waals surface area contributed by atoms with Crippen LogP contribution in [0.1, 0.15) is 11.3 Å². The molecule has 0 aliphatic rings. The van der Waals surface area contributed by atoms with Crippen molar-refractivity contribution in [3.63, 3.8) is 0 Å². The lowest BCUT2D eigenvalue weighted by molar-refractivity contribution is 0.548. The van der Waals surface area contributed by atoms with Crippen molar-refractivity contribution in [2.45, 2.75) is 6.92 Å². The molecule has 3 aromatic rings. The topological polar surface area (TPSA) is 69.8 Å². The molecule has 0 aliphatic heterocycles. The maximum absolute atomic E-state index is 13.0. The molecule has 0 bridgehead atoms. The number of aromatic amines is 1. The number of pyridine rings is 1. The minimum Gasteiger partial charge on any atom is -0.461 e. The predicted molar refractivity (Wildman–Crippen MR) is 79.6 cm³/mol. The average molecular weight is 294 g/mol. The highest BCUT2D eigenvalue weighted by molar-refractivity contribution is 5.72. The highest BCUT2D eigenvalue weighted by Crippen LogP contribution is 2.27. The summed E-state index contributed by atoms with van der Waals surface area (Å²) in [6, 6.07) is 12.8. The maximum atomic E-state index is 13.0. The number of furan rings is 1. The second-order valence-corrected chi connectivity index (χ2v) is 4.83. The van der Waals surface area contributed by atoms with Gasteiger partial charge in [0.1, 0.15) is 29.0 Å². The van der Waals surface area contributed by atoms with Crippen molar-refractivity contribution >= 4 is 0 Å². The van der Waals surface area contributed by atoms with Gasteiger partial charge in [0.15, 0.2) is 0 Å². The van der Waals surface area contributed by atoms with Crippen LogP contribution in [0.3, 0.4) is 0 Å². The molecule has 2 aromatic heterocycles. The van der Waals surface area contributed by atoms with Gasteiger partial charge in [-0.05, 0) is 55.0 Å². The second-order valence-electron chi connectivity index (χ2n) is 4.83. The zero-order valence-corrected chi connectivity index (χ0v) is 11.7. The third-order valence-corrected chi connectivity index (χ3v) is 3.31. The fourth-order valence-electron chi connectivity index (χ4n) is 2.23. The van der Waals surface area contributed by atoms with Crippen LogP contribution in [-0.2, 0) is 0 Å². The first-order chi connectivity index (χ1) is 10.6. The molecular weight excluding hydrogens is 283 g/mol. The van der Waals surface area contributed by atoms with E-state index in [1.165, 1.54) is 12.1 Å². The van der Waals surface area contributed by atoms with Crippen molar-refractivity contribution < 1.29 is 8.81 Å². The smallest absolute Gasteiger partial charge is 0.267 e. The molecule has 0 radical (unpaired) electrons. The Balaban J connectivity index is 2.23. The first kappa shape index (κ1) is 13.8. The summed E-state index contributed by atoms with van der Waals surface area (Å²) in [5.41, 5.74) is 1.04. The number of benzene rings is 1. The highest BCUT2D eigenvalue weighted by Gasteiger charge is 2.15. The summed E-state index contributed by atoms with van der Waals surface area (Å²) in [7, 11) is 0. The molecule has 22 heavy (non-hydrogen) atoms. The van der Waals surface area contributed by atoms with Gasteiger partial charge in [-0.3, -0.25) is 4.79 Å². The molecule has 5 heteroatoms. The standard InChI is InChI=1S/C17H11FN2O2/c1-10-2-7-16(22-10)13-8-15(20-17(21)14(13)9-19)11-3-5-12(18)6-4-11/h2-8H,1H3,(H,20,21). The Morgan fingerprint density at radius 3 is 2.50 bits per heavy atom. The minimum atomic E-state index is -0.506. The predicted octanol–water partition coefficient (Wildman–Crippen LogP) is 3.62. The van der Waals surface area contributed by atoms with Gasteiger partial charge < -0.3 is 9.40 Å². The van der Waals surface area contributed by atoms with Crippen LogP contribution in [0.25, 0.3) is 22.6 Å². The van der Waals surface area contributed by atoms with E-state index in [1.54, 1.807) is 37.3 Å². The SMILES string of the molecule is Cc1ccc(-c2cc(-c3ccc(F)cc3)[nH]c(=O)c2C#N)o1. The molecule has 1 aromatic carbocycles. The summed E-state index contributed by atoms with van der Waals surface area (Å²) < 4.78 is 18.5. The minimum absolute atomic E-state index is 0.0137. The normalized spacial score (nSPS) is 10.4. The third kappa shape index (κ3) is 2.42. The fraction of sp³-hybridized carbons (Fsp3) is 0.0588. The van der Waals surface area contributed by atoms with E-state index in [-0.39, 0.29) is 11.4 Å². The van der Waals surface area contributed by atoms with Crippen LogP contribution in [0.15, 0.2) is 51.7 Å². The van der Waals surface area contributed by atoms with Gasteiger partial charge in [0.05, 0.1) is 0 Å². The summed E-state index contributed by atoms with van der Waals surface area (Å²) in [4.78, 5) is 14.8. The molecule has 108 valence electrons. The number of nitriles is 1. The summed E-state index contributed by atoms with van der Waals surface area (Å²) in [6.07, 6.45) is 0. The first-order valence-corrected chi connectivity index (χ1v) is 6.58. The number of hydrogen-bond donors (Lipinski definition) is 1. The summed E-state index contributed by atoms with van der Waals surface area (Å²) in [6.45, 7) is 1.78. The zero-order valence-electron chi connectivity index (χ0n) is 11.7. The van der Waals surface area contributed by atoms with Crippen LogP contribution in [-0.4, -0.2) is 4.98 Å². The molecule has 0 spiro atoms. The number of rotatable bonds is 2. The lowest BCUT2D eigenvalue weighted by Gasteiger charge is -2.06. The van der Waals surface area contributed by atoms with Crippen molar-refractivity contribution in [2.24, 2.45) is 0 Å². The quantitative estimate of drug-likeness (QED) is 0.784. The Morgan fingerprint density at radius 1 is 1.18 bits per heavy atom. The molecule has 0 aliphatic carbocycles. The first-order valence-electron chi connectivity index (χ1n) is 6.58. The molecule has 2 heterocycles. The number of aryl methyl sites for hydroxylation is 1. The Morgan fingerprint density at radius 2 is 1.91 bits per heavy atom. The number of hydrogen-bond acceptors (Lipinski definition) is 3. The molecule has 0 amide bonds. The zero-order chi connectivity index (χ0) is 15.7. The molecule has 0 saturated heterocycles. The monoisotopic (exact) mass is 294 g/mol. The molecular formula is C17H11FN2O2. The summed E-state index contributed by atoms with van der Waals surface area (Å²) in [5, 5.41) is 9.20. The van der Waals surface area contributed by atoms with E-state index < -0.39 is 5.56 Å². The third-order valence-electron chi connectivity index (χ3n) is 3.31. The van der Waals surface area contributed by atoms with Gasteiger partial charge >= 0.3 is 0 Å². The molecule has 1 N–H and O–H groups in total. The van der Waals surface area contributed by atoms with E-state index in [4.69, 9.17) is 4.42 Å². The second kappa shape index (κ2) is 5.34.